The molecule has 2 aromatic carbocycles. The highest BCUT2D eigenvalue weighted by Crippen LogP contribution is 2.40. The second-order valence-electron chi connectivity index (χ2n) is 7.03. The number of hydrogen-bond acceptors (Lipinski definition) is 5. The molecule has 1 amide bonds. The van der Waals surface area contributed by atoms with Crippen molar-refractivity contribution in [3.8, 4) is 11.1 Å². The van der Waals surface area contributed by atoms with Crippen molar-refractivity contribution in [2.75, 3.05) is 29.2 Å². The van der Waals surface area contributed by atoms with Crippen molar-refractivity contribution in [2.45, 2.75) is 20.8 Å². The van der Waals surface area contributed by atoms with Crippen LogP contribution in [-0.4, -0.2) is 30.6 Å². The summed E-state index contributed by atoms with van der Waals surface area (Å²) in [5, 5.41) is 7.26. The molecule has 0 aliphatic heterocycles. The van der Waals surface area contributed by atoms with Gasteiger partial charge in [-0.15, -0.1) is 11.3 Å². The lowest BCUT2D eigenvalue weighted by Crippen LogP contribution is -2.23. The van der Waals surface area contributed by atoms with Crippen molar-refractivity contribution >= 4 is 56.9 Å². The van der Waals surface area contributed by atoms with E-state index in [-0.39, 0.29) is 12.5 Å². The van der Waals surface area contributed by atoms with Crippen LogP contribution >= 0.6 is 23.6 Å². The van der Waals surface area contributed by atoms with Crippen LogP contribution in [0, 0.1) is 6.92 Å². The van der Waals surface area contributed by atoms with Gasteiger partial charge in [0.2, 0.25) is 5.91 Å². The van der Waals surface area contributed by atoms with Gasteiger partial charge >= 0.3 is 5.97 Å². The van der Waals surface area contributed by atoms with Gasteiger partial charge in [-0.1, -0.05) is 30.3 Å². The number of aryl methyl sites for hydroxylation is 1. The topological polar surface area (TPSA) is 70.7 Å². The summed E-state index contributed by atoms with van der Waals surface area (Å²) in [7, 11) is 1.72. The van der Waals surface area contributed by atoms with Gasteiger partial charge in [0.05, 0.1) is 6.61 Å². The van der Waals surface area contributed by atoms with Crippen molar-refractivity contribution in [2.24, 2.45) is 0 Å². The number of benzene rings is 2. The van der Waals surface area contributed by atoms with E-state index in [0.717, 1.165) is 27.4 Å². The first-order valence-corrected chi connectivity index (χ1v) is 11.3. The number of carbonyl (C=O) groups excluding carboxylic acids is 2. The third kappa shape index (κ3) is 5.33. The van der Waals surface area contributed by atoms with Gasteiger partial charge < -0.3 is 20.3 Å². The van der Waals surface area contributed by atoms with Crippen LogP contribution in [-0.2, 0) is 9.53 Å². The minimum atomic E-state index is -0.391. The lowest BCUT2D eigenvalue weighted by molar-refractivity contribution is -0.116. The van der Waals surface area contributed by atoms with E-state index in [9.17, 15) is 9.59 Å². The molecule has 1 aromatic heterocycles. The van der Waals surface area contributed by atoms with Gasteiger partial charge in [-0.25, -0.2) is 4.79 Å². The van der Waals surface area contributed by atoms with Crippen LogP contribution in [0.3, 0.4) is 0 Å². The van der Waals surface area contributed by atoms with E-state index in [2.05, 4.69) is 10.6 Å². The molecule has 0 bridgehead atoms. The molecule has 1 heterocycles. The second kappa shape index (κ2) is 10.4. The van der Waals surface area contributed by atoms with E-state index in [4.69, 9.17) is 17.0 Å². The van der Waals surface area contributed by atoms with Gasteiger partial charge in [0, 0.05) is 35.8 Å². The highest BCUT2D eigenvalue weighted by atomic mass is 32.1. The number of esters is 1. The molecular weight excluding hydrogens is 442 g/mol. The Morgan fingerprint density at radius 2 is 1.72 bits per heavy atom. The minimum Gasteiger partial charge on any atom is -0.462 e. The molecule has 3 rings (SSSR count). The fraction of sp³-hybridized carbons (Fsp3) is 0.208. The molecule has 0 atom stereocenters. The smallest absolute Gasteiger partial charge is 0.341 e. The number of rotatable bonds is 6. The molecule has 2 N–H and O–H groups in total. The largest absolute Gasteiger partial charge is 0.462 e. The summed E-state index contributed by atoms with van der Waals surface area (Å²) in [4.78, 5) is 26.9. The normalized spacial score (nSPS) is 10.4. The maximum Gasteiger partial charge on any atom is 0.341 e. The van der Waals surface area contributed by atoms with Gasteiger partial charge in [0.25, 0.3) is 0 Å². The number of carbonyl (C=O) groups is 2. The van der Waals surface area contributed by atoms with Crippen molar-refractivity contribution < 1.29 is 14.3 Å². The van der Waals surface area contributed by atoms with Gasteiger partial charge in [-0.05, 0) is 55.9 Å². The molecule has 3 aromatic rings. The third-order valence-electron chi connectivity index (χ3n) is 4.84. The predicted octanol–water partition coefficient (Wildman–Crippen LogP) is 5.69. The van der Waals surface area contributed by atoms with Crippen LogP contribution in [0.25, 0.3) is 11.1 Å². The number of nitrogens with zero attached hydrogens (tertiary/aromatic N) is 1. The Hall–Kier alpha value is -3.23. The van der Waals surface area contributed by atoms with Gasteiger partial charge in [0.15, 0.2) is 5.11 Å². The van der Waals surface area contributed by atoms with Crippen LogP contribution < -0.4 is 15.5 Å². The van der Waals surface area contributed by atoms with Crippen LogP contribution in [0.4, 0.5) is 16.4 Å². The molecule has 6 nitrogen and oxygen atoms in total. The molecule has 0 aliphatic rings. The SMILES string of the molecule is CCOC(=O)c1c(NC(=S)Nc2ccc(N(C)C(C)=O)cc2)sc(C)c1-c1ccccc1. The Labute approximate surface area is 197 Å². The maximum atomic E-state index is 12.8. The first kappa shape index (κ1) is 23.4. The summed E-state index contributed by atoms with van der Waals surface area (Å²) in [6, 6.07) is 17.1. The van der Waals surface area contributed by atoms with E-state index in [1.807, 2.05) is 61.5 Å². The zero-order valence-electron chi connectivity index (χ0n) is 18.4. The average Bonchev–Trinajstić information content (AvgIpc) is 3.09. The van der Waals surface area contributed by atoms with Crippen molar-refractivity contribution in [3.05, 3.63) is 65.0 Å². The molecule has 166 valence electrons. The number of amides is 1. The van der Waals surface area contributed by atoms with E-state index in [0.29, 0.717) is 15.7 Å². The van der Waals surface area contributed by atoms with Gasteiger partial charge in [0.1, 0.15) is 10.6 Å². The quantitative estimate of drug-likeness (QED) is 0.358. The standard InChI is InChI=1S/C24H25N3O3S2/c1-5-30-23(29)21-20(17-9-7-6-8-10-17)15(2)32-22(21)26-24(31)25-18-11-13-19(14-12-18)27(4)16(3)28/h6-14H,5H2,1-4H3,(H2,25,26,31). The summed E-state index contributed by atoms with van der Waals surface area (Å²) in [6.07, 6.45) is 0. The number of ether oxygens (including phenoxy) is 1. The first-order valence-electron chi connectivity index (χ1n) is 10.1. The molecule has 0 unspecified atom stereocenters. The van der Waals surface area contributed by atoms with E-state index in [1.54, 1.807) is 18.9 Å². The number of nitrogens with one attached hydrogen (secondary N) is 2. The molecule has 0 saturated heterocycles. The van der Waals surface area contributed by atoms with Gasteiger partial charge in [-0.2, -0.15) is 0 Å². The highest BCUT2D eigenvalue weighted by molar-refractivity contribution is 7.80. The van der Waals surface area contributed by atoms with Crippen molar-refractivity contribution in [1.82, 2.24) is 0 Å². The second-order valence-corrected chi connectivity index (χ2v) is 8.66. The molecule has 8 heteroatoms. The Balaban J connectivity index is 1.84. The van der Waals surface area contributed by atoms with E-state index in [1.165, 1.54) is 18.3 Å². The summed E-state index contributed by atoms with van der Waals surface area (Å²) in [5.41, 5.74) is 3.81. The summed E-state index contributed by atoms with van der Waals surface area (Å²) < 4.78 is 5.33. The zero-order valence-corrected chi connectivity index (χ0v) is 20.0. The fourth-order valence-electron chi connectivity index (χ4n) is 3.20. The van der Waals surface area contributed by atoms with E-state index >= 15 is 0 Å². The minimum absolute atomic E-state index is 0.0447. The average molecular weight is 468 g/mol. The molecule has 0 spiro atoms. The van der Waals surface area contributed by atoms with Gasteiger partial charge in [-0.3, -0.25) is 4.79 Å². The highest BCUT2D eigenvalue weighted by Gasteiger charge is 2.25. The summed E-state index contributed by atoms with van der Waals surface area (Å²) in [5.74, 6) is -0.436. The Bertz CT molecular complexity index is 1130. The first-order chi connectivity index (χ1) is 15.3. The predicted molar refractivity (Wildman–Crippen MR) is 136 cm³/mol. The Morgan fingerprint density at radius 1 is 1.06 bits per heavy atom. The lowest BCUT2D eigenvalue weighted by Gasteiger charge is -2.16. The lowest BCUT2D eigenvalue weighted by atomic mass is 10.0. The zero-order chi connectivity index (χ0) is 23.3. The molecule has 0 radical (unpaired) electrons. The monoisotopic (exact) mass is 467 g/mol. The third-order valence-corrected chi connectivity index (χ3v) is 6.06. The van der Waals surface area contributed by atoms with Crippen LogP contribution in [0.2, 0.25) is 0 Å². The summed E-state index contributed by atoms with van der Waals surface area (Å²) >= 11 is 6.95. The van der Waals surface area contributed by atoms with E-state index < -0.39 is 5.97 Å². The molecule has 0 aliphatic carbocycles. The molecule has 0 fully saturated rings. The number of thiophene rings is 1. The van der Waals surface area contributed by atoms with Crippen molar-refractivity contribution in [3.63, 3.8) is 0 Å². The fourth-order valence-corrected chi connectivity index (χ4v) is 4.55. The number of hydrogen-bond donors (Lipinski definition) is 2. The Morgan fingerprint density at radius 3 is 2.31 bits per heavy atom. The molecule has 32 heavy (non-hydrogen) atoms. The van der Waals surface area contributed by atoms with Crippen LogP contribution in [0.1, 0.15) is 29.1 Å². The molecule has 0 saturated carbocycles. The van der Waals surface area contributed by atoms with Crippen LogP contribution in [0.5, 0.6) is 0 Å². The van der Waals surface area contributed by atoms with Crippen molar-refractivity contribution in [1.29, 1.82) is 0 Å². The Kier molecular flexibility index (Phi) is 7.61. The molecular formula is C24H25N3O3S2. The van der Waals surface area contributed by atoms with Crippen LogP contribution in [0.15, 0.2) is 54.6 Å². The maximum absolute atomic E-state index is 12.8. The number of anilines is 3. The number of thiocarbonyl (C=S) groups is 1. The summed E-state index contributed by atoms with van der Waals surface area (Å²) in [6.45, 7) is 5.55.